The topological polar surface area (TPSA) is 0 Å². The summed E-state index contributed by atoms with van der Waals surface area (Å²) in [5, 5.41) is 0. The number of allylic oxidation sites excluding steroid dienone is 2. The van der Waals surface area contributed by atoms with E-state index >= 15 is 0 Å². The Morgan fingerprint density at radius 2 is 0.727 bits per heavy atom. The van der Waals surface area contributed by atoms with Crippen LogP contribution in [0.4, 0.5) is 0 Å². The summed E-state index contributed by atoms with van der Waals surface area (Å²) in [5.74, 6) is 0. The van der Waals surface area contributed by atoms with Gasteiger partial charge in [0.25, 0.3) is 0 Å². The van der Waals surface area contributed by atoms with Crippen LogP contribution in [0.5, 0.6) is 0 Å². The molecule has 2 aromatic carbocycles. The zero-order valence-electron chi connectivity index (χ0n) is 21.5. The third-order valence-corrected chi connectivity index (χ3v) is 10.3. The van der Waals surface area contributed by atoms with Crippen molar-refractivity contribution < 1.29 is 51.0 Å². The summed E-state index contributed by atoms with van der Waals surface area (Å²) >= 11 is 0. The molecule has 0 radical (unpaired) electrons. The van der Waals surface area contributed by atoms with Crippen LogP contribution in [0.3, 0.4) is 0 Å². The van der Waals surface area contributed by atoms with Crippen LogP contribution in [-0.4, -0.2) is 37.0 Å². The standard InChI is InChI=1S/C16H14.2C6H15P.2ClH.Zr/c1-3-9-15(10-4-1)13-7-8-14-16-11-5-2-6-12-16;2*1-4-7(5-2)6-3;;;/h1-14H;2*4-6H2,1-3H3;2*1H;/q;;;;;+2/p-2. The molecule has 0 aliphatic carbocycles. The van der Waals surface area contributed by atoms with Crippen molar-refractivity contribution in [1.29, 1.82) is 0 Å². The van der Waals surface area contributed by atoms with Crippen molar-refractivity contribution in [2.75, 3.05) is 37.0 Å². The summed E-state index contributed by atoms with van der Waals surface area (Å²) in [6, 6.07) is 20.6. The number of halogens is 2. The molecule has 0 fully saturated rings. The van der Waals surface area contributed by atoms with Gasteiger partial charge in [-0.3, -0.25) is 0 Å². The Kier molecular flexibility index (Phi) is 37.1. The molecule has 33 heavy (non-hydrogen) atoms. The van der Waals surface area contributed by atoms with E-state index in [4.69, 9.17) is 0 Å². The minimum absolute atomic E-state index is 0. The number of hydrogen-bond donors (Lipinski definition) is 0. The van der Waals surface area contributed by atoms with Gasteiger partial charge in [0.15, 0.2) is 0 Å². The normalized spacial score (nSPS) is 9.82. The van der Waals surface area contributed by atoms with Crippen LogP contribution in [0.1, 0.15) is 52.7 Å². The van der Waals surface area contributed by atoms with Gasteiger partial charge < -0.3 is 24.8 Å². The quantitative estimate of drug-likeness (QED) is 0.304. The Balaban J connectivity index is -0.000000212. The number of hydrogen-bond acceptors (Lipinski definition) is 0. The first-order valence-electron chi connectivity index (χ1n) is 11.5. The molecule has 2 rings (SSSR count). The number of rotatable bonds is 9. The second-order valence-corrected chi connectivity index (χ2v) is 13.3. The van der Waals surface area contributed by atoms with Crippen LogP contribution < -0.4 is 24.8 Å². The van der Waals surface area contributed by atoms with Crippen molar-refractivity contribution in [3.05, 3.63) is 83.9 Å². The molecule has 0 spiro atoms. The van der Waals surface area contributed by atoms with E-state index in [1.165, 1.54) is 48.1 Å². The summed E-state index contributed by atoms with van der Waals surface area (Å²) in [4.78, 5) is 0. The maximum Gasteiger partial charge on any atom is 2.00 e. The fourth-order valence-electron chi connectivity index (χ4n) is 2.80. The van der Waals surface area contributed by atoms with Gasteiger partial charge in [0, 0.05) is 0 Å². The van der Waals surface area contributed by atoms with Crippen LogP contribution in [0.25, 0.3) is 12.2 Å². The molecule has 0 aliphatic rings. The van der Waals surface area contributed by atoms with E-state index in [1.807, 2.05) is 36.4 Å². The molecule has 0 saturated carbocycles. The monoisotopic (exact) mass is 602 g/mol. The van der Waals surface area contributed by atoms with E-state index in [-0.39, 0.29) is 51.0 Å². The molecule has 184 valence electrons. The van der Waals surface area contributed by atoms with Crippen LogP contribution >= 0.6 is 15.8 Å². The van der Waals surface area contributed by atoms with Gasteiger partial charge in [-0.1, -0.05) is 127 Å². The molecule has 0 atom stereocenters. The van der Waals surface area contributed by atoms with Gasteiger partial charge in [-0.25, -0.2) is 0 Å². The van der Waals surface area contributed by atoms with E-state index in [2.05, 4.69) is 90.1 Å². The van der Waals surface area contributed by atoms with Gasteiger partial charge in [0.1, 0.15) is 0 Å². The van der Waals surface area contributed by atoms with Crippen LogP contribution in [0, 0.1) is 0 Å². The Morgan fingerprint density at radius 1 is 0.485 bits per heavy atom. The molecule has 0 unspecified atom stereocenters. The van der Waals surface area contributed by atoms with E-state index < -0.39 is 0 Å². The van der Waals surface area contributed by atoms with Crippen molar-refractivity contribution in [3.63, 3.8) is 0 Å². The molecular weight excluding hydrogens is 560 g/mol. The van der Waals surface area contributed by atoms with Crippen LogP contribution in [0.2, 0.25) is 0 Å². The van der Waals surface area contributed by atoms with E-state index in [1.54, 1.807) is 0 Å². The van der Waals surface area contributed by atoms with Gasteiger partial charge in [0.2, 0.25) is 0 Å². The number of benzene rings is 2. The average Bonchev–Trinajstić information content (AvgIpc) is 2.81. The average molecular weight is 605 g/mol. The second-order valence-electron chi connectivity index (χ2n) is 6.78. The molecule has 5 heteroatoms. The fraction of sp³-hybridized carbons (Fsp3) is 0.429. The third kappa shape index (κ3) is 23.7. The zero-order valence-corrected chi connectivity index (χ0v) is 27.2. The van der Waals surface area contributed by atoms with Crippen LogP contribution in [-0.2, 0) is 26.2 Å². The summed E-state index contributed by atoms with van der Waals surface area (Å²) in [5.41, 5.74) is 2.44. The largest absolute Gasteiger partial charge is 2.00 e. The first-order valence-corrected chi connectivity index (χ1v) is 15.3. The Bertz CT molecular complexity index is 586. The van der Waals surface area contributed by atoms with Crippen LogP contribution in [0.15, 0.2) is 72.8 Å². The fourth-order valence-corrected chi connectivity index (χ4v) is 5.49. The molecule has 2 aromatic rings. The Labute approximate surface area is 240 Å². The molecule has 0 amide bonds. The summed E-state index contributed by atoms with van der Waals surface area (Å²) in [6.07, 6.45) is 16.8. The summed E-state index contributed by atoms with van der Waals surface area (Å²) in [6.45, 7) is 13.7. The molecule has 0 heterocycles. The van der Waals surface area contributed by atoms with E-state index in [0.29, 0.717) is 15.8 Å². The third-order valence-electron chi connectivity index (χ3n) is 4.97. The van der Waals surface area contributed by atoms with Crippen molar-refractivity contribution >= 4 is 28.0 Å². The Morgan fingerprint density at radius 3 is 0.909 bits per heavy atom. The summed E-state index contributed by atoms with van der Waals surface area (Å²) in [7, 11) is 0.892. The predicted molar refractivity (Wildman–Crippen MR) is 148 cm³/mol. The molecular formula is C28H44Cl2P2Zr. The molecule has 0 N–H and O–H groups in total. The van der Waals surface area contributed by atoms with E-state index in [0.717, 1.165) is 0 Å². The van der Waals surface area contributed by atoms with Crippen molar-refractivity contribution in [2.24, 2.45) is 0 Å². The predicted octanol–water partition coefficient (Wildman–Crippen LogP) is 3.47. The SMILES string of the molecule is C(C=Cc1ccccc1)=Cc1ccccc1.CCP(CC)CC.CCP(CC)CC.[Cl-].[Cl-].[Zr+2]. The van der Waals surface area contributed by atoms with Crippen molar-refractivity contribution in [2.45, 2.75) is 41.5 Å². The molecule has 0 nitrogen and oxygen atoms in total. The van der Waals surface area contributed by atoms with Gasteiger partial charge in [0.05, 0.1) is 0 Å². The smallest absolute Gasteiger partial charge is 1.00 e. The minimum atomic E-state index is 0. The van der Waals surface area contributed by atoms with E-state index in [9.17, 15) is 0 Å². The van der Waals surface area contributed by atoms with Crippen molar-refractivity contribution in [3.8, 4) is 0 Å². The van der Waals surface area contributed by atoms with Crippen molar-refractivity contribution in [1.82, 2.24) is 0 Å². The molecule has 0 saturated heterocycles. The zero-order chi connectivity index (χ0) is 22.5. The molecule has 0 bridgehead atoms. The maximum absolute atomic E-state index is 2.29. The first-order chi connectivity index (χ1) is 14.6. The molecule has 0 aliphatic heterocycles. The minimum Gasteiger partial charge on any atom is -1.00 e. The van der Waals surface area contributed by atoms with Gasteiger partial charge in [-0.15, -0.1) is 15.8 Å². The second kappa shape index (κ2) is 30.3. The maximum atomic E-state index is 2.29. The Hall–Kier alpha value is 0.243. The summed E-state index contributed by atoms with van der Waals surface area (Å²) < 4.78 is 0. The van der Waals surface area contributed by atoms with Gasteiger partial charge in [-0.05, 0) is 48.1 Å². The van der Waals surface area contributed by atoms with Gasteiger partial charge in [-0.2, -0.15) is 0 Å². The first kappa shape index (κ1) is 40.4. The molecule has 0 aromatic heterocycles. The van der Waals surface area contributed by atoms with Gasteiger partial charge >= 0.3 is 26.2 Å².